The van der Waals surface area contributed by atoms with E-state index in [9.17, 15) is 13.6 Å². The number of carbonyl (C=O) groups is 1. The molecule has 2 aromatic rings. The average molecular weight is 291 g/mol. The molecular weight excluding hydrogens is 276 g/mol. The van der Waals surface area contributed by atoms with E-state index in [0.29, 0.717) is 12.5 Å². The lowest BCUT2D eigenvalue weighted by Gasteiger charge is -2.07. The van der Waals surface area contributed by atoms with Crippen LogP contribution in [0.1, 0.15) is 22.3 Å². The highest BCUT2D eigenvalue weighted by Gasteiger charge is 2.16. The van der Waals surface area contributed by atoms with Crippen molar-refractivity contribution < 1.29 is 18.3 Å². The predicted octanol–water partition coefficient (Wildman–Crippen LogP) is 3.34. The minimum Gasteiger partial charge on any atom is -0.462 e. The van der Waals surface area contributed by atoms with E-state index in [1.54, 1.807) is 0 Å². The first-order valence-corrected chi connectivity index (χ1v) is 6.53. The fraction of sp³-hybridized carbons (Fsp3) is 0.188. The number of anilines is 1. The quantitative estimate of drug-likeness (QED) is 0.522. The molecule has 3 nitrogen and oxygen atoms in total. The topological polar surface area (TPSA) is 52.3 Å². The van der Waals surface area contributed by atoms with Crippen molar-refractivity contribution in [1.29, 1.82) is 0 Å². The Hall–Kier alpha value is -2.43. The first-order valence-electron chi connectivity index (χ1n) is 6.53. The van der Waals surface area contributed by atoms with Crippen LogP contribution in [0.15, 0.2) is 42.5 Å². The van der Waals surface area contributed by atoms with Crippen molar-refractivity contribution in [3.05, 3.63) is 65.2 Å². The first kappa shape index (κ1) is 15.0. The van der Waals surface area contributed by atoms with Gasteiger partial charge in [-0.2, -0.15) is 0 Å². The third-order valence-electron chi connectivity index (χ3n) is 2.99. The standard InChI is InChI=1S/C16H15F2NO2/c17-13-10-14(18)15(19)9-12(13)16(20)21-8-4-7-11-5-2-1-3-6-11/h1-3,5-6,9-10H,4,7-8,19H2. The highest BCUT2D eigenvalue weighted by Crippen LogP contribution is 2.17. The van der Waals surface area contributed by atoms with Crippen LogP contribution in [-0.2, 0) is 11.2 Å². The second-order valence-electron chi connectivity index (χ2n) is 4.58. The number of nitrogens with two attached hydrogens (primary N) is 1. The maximum atomic E-state index is 13.5. The Morgan fingerprint density at radius 1 is 1.10 bits per heavy atom. The summed E-state index contributed by atoms with van der Waals surface area (Å²) in [7, 11) is 0. The van der Waals surface area contributed by atoms with Crippen LogP contribution in [0.2, 0.25) is 0 Å². The van der Waals surface area contributed by atoms with Gasteiger partial charge in [0, 0.05) is 6.07 Å². The van der Waals surface area contributed by atoms with Crippen LogP contribution >= 0.6 is 0 Å². The number of nitrogen functional groups attached to an aromatic ring is 1. The lowest BCUT2D eigenvalue weighted by atomic mass is 10.1. The van der Waals surface area contributed by atoms with E-state index in [4.69, 9.17) is 10.5 Å². The van der Waals surface area contributed by atoms with E-state index in [2.05, 4.69) is 0 Å². The van der Waals surface area contributed by atoms with Gasteiger partial charge in [-0.25, -0.2) is 13.6 Å². The summed E-state index contributed by atoms with van der Waals surface area (Å²) in [6.45, 7) is 0.157. The first-order chi connectivity index (χ1) is 10.1. The molecule has 0 spiro atoms. The zero-order valence-electron chi connectivity index (χ0n) is 11.3. The molecule has 0 aliphatic heterocycles. The lowest BCUT2D eigenvalue weighted by Crippen LogP contribution is -2.10. The lowest BCUT2D eigenvalue weighted by molar-refractivity contribution is 0.0495. The number of benzene rings is 2. The molecule has 21 heavy (non-hydrogen) atoms. The normalized spacial score (nSPS) is 10.4. The third-order valence-corrected chi connectivity index (χ3v) is 2.99. The number of aryl methyl sites for hydroxylation is 1. The fourth-order valence-electron chi connectivity index (χ4n) is 1.89. The Bertz CT molecular complexity index is 630. The van der Waals surface area contributed by atoms with Crippen molar-refractivity contribution in [2.45, 2.75) is 12.8 Å². The van der Waals surface area contributed by atoms with Crippen LogP contribution in [0.4, 0.5) is 14.5 Å². The van der Waals surface area contributed by atoms with Gasteiger partial charge in [-0.05, 0) is 24.5 Å². The summed E-state index contributed by atoms with van der Waals surface area (Å²) in [5.41, 5.74) is 5.80. The molecule has 5 heteroatoms. The minimum absolute atomic E-state index is 0.157. The molecule has 2 aromatic carbocycles. The van der Waals surface area contributed by atoms with Crippen LogP contribution in [-0.4, -0.2) is 12.6 Å². The molecule has 110 valence electrons. The van der Waals surface area contributed by atoms with Crippen molar-refractivity contribution >= 4 is 11.7 Å². The summed E-state index contributed by atoms with van der Waals surface area (Å²) in [6.07, 6.45) is 1.37. The van der Waals surface area contributed by atoms with Gasteiger partial charge in [0.25, 0.3) is 0 Å². The van der Waals surface area contributed by atoms with E-state index in [-0.39, 0.29) is 17.9 Å². The zero-order valence-corrected chi connectivity index (χ0v) is 11.3. The second kappa shape index (κ2) is 6.83. The summed E-state index contributed by atoms with van der Waals surface area (Å²) in [6, 6.07) is 11.3. The molecule has 0 aliphatic carbocycles. The molecule has 0 saturated carbocycles. The number of esters is 1. The molecule has 0 atom stereocenters. The number of ether oxygens (including phenoxy) is 1. The Balaban J connectivity index is 1.86. The molecule has 0 heterocycles. The van der Waals surface area contributed by atoms with E-state index in [1.165, 1.54) is 0 Å². The van der Waals surface area contributed by atoms with E-state index in [0.717, 1.165) is 18.1 Å². The van der Waals surface area contributed by atoms with Gasteiger partial charge in [0.1, 0.15) is 11.6 Å². The molecule has 0 aliphatic rings. The smallest absolute Gasteiger partial charge is 0.341 e. The zero-order chi connectivity index (χ0) is 15.2. The maximum absolute atomic E-state index is 13.5. The van der Waals surface area contributed by atoms with Crippen LogP contribution < -0.4 is 5.73 Å². The second-order valence-corrected chi connectivity index (χ2v) is 4.58. The molecule has 2 N–H and O–H groups in total. The molecule has 0 fully saturated rings. The SMILES string of the molecule is Nc1cc(C(=O)OCCCc2ccccc2)c(F)cc1F. The molecule has 0 aromatic heterocycles. The van der Waals surface area contributed by atoms with E-state index < -0.39 is 17.6 Å². The van der Waals surface area contributed by atoms with Crippen molar-refractivity contribution in [3.63, 3.8) is 0 Å². The largest absolute Gasteiger partial charge is 0.462 e. The Labute approximate surface area is 121 Å². The van der Waals surface area contributed by atoms with Gasteiger partial charge >= 0.3 is 5.97 Å². The van der Waals surface area contributed by atoms with Crippen molar-refractivity contribution in [1.82, 2.24) is 0 Å². The van der Waals surface area contributed by atoms with Crippen molar-refractivity contribution in [2.24, 2.45) is 0 Å². The molecule has 0 saturated heterocycles. The molecule has 0 radical (unpaired) electrons. The van der Waals surface area contributed by atoms with Crippen molar-refractivity contribution in [3.8, 4) is 0 Å². The molecule has 0 bridgehead atoms. The predicted molar refractivity (Wildman–Crippen MR) is 75.8 cm³/mol. The van der Waals surface area contributed by atoms with Gasteiger partial charge in [0.05, 0.1) is 17.9 Å². The Morgan fingerprint density at radius 3 is 2.52 bits per heavy atom. The van der Waals surface area contributed by atoms with Crippen LogP contribution in [0.3, 0.4) is 0 Å². The number of hydrogen-bond donors (Lipinski definition) is 1. The molecule has 0 amide bonds. The summed E-state index contributed by atoms with van der Waals surface area (Å²) in [5.74, 6) is -2.71. The minimum atomic E-state index is -0.977. The third kappa shape index (κ3) is 4.02. The van der Waals surface area contributed by atoms with Gasteiger partial charge in [0.15, 0.2) is 0 Å². The Kier molecular flexibility index (Phi) is 4.87. The van der Waals surface area contributed by atoms with Gasteiger partial charge in [0.2, 0.25) is 0 Å². The van der Waals surface area contributed by atoms with E-state index in [1.807, 2.05) is 30.3 Å². The monoisotopic (exact) mass is 291 g/mol. The molecular formula is C16H15F2NO2. The van der Waals surface area contributed by atoms with Gasteiger partial charge in [-0.1, -0.05) is 30.3 Å². The number of halogens is 2. The summed E-state index contributed by atoms with van der Waals surface area (Å²) in [5, 5.41) is 0. The van der Waals surface area contributed by atoms with Crippen LogP contribution in [0.25, 0.3) is 0 Å². The fourth-order valence-corrected chi connectivity index (χ4v) is 1.89. The highest BCUT2D eigenvalue weighted by molar-refractivity contribution is 5.90. The maximum Gasteiger partial charge on any atom is 0.341 e. The summed E-state index contributed by atoms with van der Waals surface area (Å²) in [4.78, 5) is 11.7. The average Bonchev–Trinajstić information content (AvgIpc) is 2.48. The number of rotatable bonds is 5. The van der Waals surface area contributed by atoms with Crippen LogP contribution in [0, 0.1) is 11.6 Å². The Morgan fingerprint density at radius 2 is 1.81 bits per heavy atom. The van der Waals surface area contributed by atoms with Crippen molar-refractivity contribution in [2.75, 3.05) is 12.3 Å². The molecule has 0 unspecified atom stereocenters. The van der Waals surface area contributed by atoms with Crippen LogP contribution in [0.5, 0.6) is 0 Å². The van der Waals surface area contributed by atoms with Gasteiger partial charge < -0.3 is 10.5 Å². The number of hydrogen-bond acceptors (Lipinski definition) is 3. The van der Waals surface area contributed by atoms with Gasteiger partial charge in [-0.15, -0.1) is 0 Å². The van der Waals surface area contributed by atoms with E-state index >= 15 is 0 Å². The summed E-state index contributed by atoms with van der Waals surface area (Å²) < 4.78 is 31.4. The van der Waals surface area contributed by atoms with Gasteiger partial charge in [-0.3, -0.25) is 0 Å². The highest BCUT2D eigenvalue weighted by atomic mass is 19.1. The number of carbonyl (C=O) groups excluding carboxylic acids is 1. The molecule has 2 rings (SSSR count). The summed E-state index contributed by atoms with van der Waals surface area (Å²) >= 11 is 0.